The molecule has 7 nitrogen and oxygen atoms in total. The van der Waals surface area contributed by atoms with E-state index in [0.29, 0.717) is 12.8 Å². The van der Waals surface area contributed by atoms with Crippen LogP contribution in [0.1, 0.15) is 104 Å². The summed E-state index contributed by atoms with van der Waals surface area (Å²) < 4.78 is 56.0. The molecule has 0 aliphatic heterocycles. The number of esters is 1. The van der Waals surface area contributed by atoms with Crippen molar-refractivity contribution in [1.82, 2.24) is 0 Å². The van der Waals surface area contributed by atoms with Crippen molar-refractivity contribution in [2.45, 2.75) is 103 Å². The zero-order valence-electron chi connectivity index (χ0n) is 22.5. The van der Waals surface area contributed by atoms with E-state index in [1.807, 2.05) is 0 Å². The average Bonchev–Trinajstić information content (AvgIpc) is 2.68. The number of unbranched alkanes of at least 4 members (excludes halogenated alkanes) is 11. The van der Waals surface area contributed by atoms with Crippen LogP contribution in [-0.2, 0) is 18.6 Å². The highest BCUT2D eigenvalue weighted by Gasteiger charge is 2.17. The number of carbonyl (C=O) groups is 1. The maximum Gasteiger partial charge on any atom is 0.469 e. The number of allylic oxidation sites excluding steroid dienone is 2. The third-order valence-electron chi connectivity index (χ3n) is 4.17. The number of hydrogen-bond donors (Lipinski definition) is 3. The molecule has 0 heterocycles. The van der Waals surface area contributed by atoms with Crippen LogP contribution in [0.15, 0.2) is 12.2 Å². The molecule has 0 aromatic rings. The van der Waals surface area contributed by atoms with E-state index in [-0.39, 0.29) is 6.42 Å². The van der Waals surface area contributed by atoms with Crippen molar-refractivity contribution >= 4 is 13.8 Å². The normalized spacial score (nSPS) is 17.7. The van der Waals surface area contributed by atoms with E-state index < -0.39 is 33.0 Å². The van der Waals surface area contributed by atoms with Gasteiger partial charge in [-0.3, -0.25) is 9.32 Å². The van der Waals surface area contributed by atoms with Gasteiger partial charge in [-0.25, -0.2) is 4.57 Å². The fourth-order valence-electron chi connectivity index (χ4n) is 2.62. The van der Waals surface area contributed by atoms with Gasteiger partial charge in [0.1, 0.15) is 12.6 Å². The molecule has 29 heavy (non-hydrogen) atoms. The van der Waals surface area contributed by atoms with E-state index in [1.54, 1.807) is 0 Å². The first-order valence-corrected chi connectivity index (χ1v) is 12.0. The summed E-state index contributed by atoms with van der Waals surface area (Å²) in [4.78, 5) is 29.2. The van der Waals surface area contributed by atoms with Crippen LogP contribution < -0.4 is 0 Å². The first kappa shape index (κ1) is 20.2. The summed E-state index contributed by atoms with van der Waals surface area (Å²) in [6, 6.07) is 0. The Bertz CT molecular complexity index is 653. The minimum absolute atomic E-state index is 0.212. The molecule has 0 aliphatic rings. The lowest BCUT2D eigenvalue weighted by Crippen LogP contribution is -2.23. The Morgan fingerprint density at radius 3 is 2.03 bits per heavy atom. The number of phosphoric acid groups is 1. The minimum atomic E-state index is -5.50. The highest BCUT2D eigenvalue weighted by molar-refractivity contribution is 7.46. The van der Waals surface area contributed by atoms with Gasteiger partial charge in [-0.15, -0.1) is 0 Å². The van der Waals surface area contributed by atoms with Crippen molar-refractivity contribution in [3.05, 3.63) is 12.2 Å². The first-order chi connectivity index (χ1) is 15.7. The predicted molar refractivity (Wildman–Crippen MR) is 114 cm³/mol. The second-order valence-electron chi connectivity index (χ2n) is 6.94. The summed E-state index contributed by atoms with van der Waals surface area (Å²) in [6.07, 6.45) is 14.1. The van der Waals surface area contributed by atoms with Gasteiger partial charge in [0, 0.05) is 6.42 Å². The van der Waals surface area contributed by atoms with Gasteiger partial charge < -0.3 is 19.6 Å². The van der Waals surface area contributed by atoms with Crippen LogP contribution in [0.4, 0.5) is 0 Å². The molecule has 0 rings (SSSR count). The Morgan fingerprint density at radius 2 is 1.48 bits per heavy atom. The first-order valence-electron chi connectivity index (χ1n) is 13.0. The summed E-state index contributed by atoms with van der Waals surface area (Å²) in [5.74, 6) is -1.11. The number of carbonyl (C=O) groups excluding carboxylic acids is 1. The van der Waals surface area contributed by atoms with Crippen LogP contribution >= 0.6 is 7.82 Å². The van der Waals surface area contributed by atoms with Crippen LogP contribution in [0.3, 0.4) is 0 Å². The molecule has 0 aromatic heterocycles. The van der Waals surface area contributed by atoms with Gasteiger partial charge in [-0.2, -0.15) is 0 Å². The van der Waals surface area contributed by atoms with Gasteiger partial charge in [-0.1, -0.05) is 70.4 Å². The molecule has 0 bridgehead atoms. The molecule has 0 amide bonds. The minimum Gasteiger partial charge on any atom is -0.463 e. The van der Waals surface area contributed by atoms with Gasteiger partial charge in [0.25, 0.3) is 0 Å². The molecule has 1 atom stereocenters. The molecular formula is C21H41O7P. The summed E-state index contributed by atoms with van der Waals surface area (Å²) in [5, 5.41) is 9.85. The van der Waals surface area contributed by atoms with Gasteiger partial charge in [0.05, 0.1) is 13.4 Å². The van der Waals surface area contributed by atoms with Crippen LogP contribution in [-0.4, -0.2) is 40.1 Å². The van der Waals surface area contributed by atoms with Crippen molar-refractivity contribution < 1.29 is 40.4 Å². The summed E-state index contributed by atoms with van der Waals surface area (Å²) in [5.41, 5.74) is 0. The van der Waals surface area contributed by atoms with Crippen molar-refractivity contribution in [1.29, 1.82) is 0 Å². The lowest BCUT2D eigenvalue weighted by Gasteiger charge is -2.12. The SMILES string of the molecule is [2H]C([2H])(OC(=O)CCCCCCC/C=C\CCCCCCCC)C([2H])(O)C([2H])([2H])OP(=O)(O)O. The van der Waals surface area contributed by atoms with E-state index in [1.165, 1.54) is 38.5 Å². The van der Waals surface area contributed by atoms with Crippen LogP contribution in [0, 0.1) is 0 Å². The monoisotopic (exact) mass is 441 g/mol. The maximum absolute atomic E-state index is 11.9. The smallest absolute Gasteiger partial charge is 0.463 e. The Balaban J connectivity index is 4.06. The largest absolute Gasteiger partial charge is 0.469 e. The molecular weight excluding hydrogens is 395 g/mol. The van der Waals surface area contributed by atoms with E-state index >= 15 is 0 Å². The summed E-state index contributed by atoms with van der Waals surface area (Å²) in [6.45, 7) is -5.27. The van der Waals surface area contributed by atoms with Crippen LogP contribution in [0.2, 0.25) is 0 Å². The molecule has 1 unspecified atom stereocenters. The lowest BCUT2D eigenvalue weighted by atomic mass is 10.1. The standard InChI is InChI=1S/C21H41O7P/c1-2-3-4-5-6-7-8-9-10-11-12-13-14-15-16-17-21(23)27-18-20(22)19-28-29(24,25)26/h9-10,20,22H,2-8,11-19H2,1H3,(H2,24,25,26)/b10-9-/i18D2,19D2,20D. The van der Waals surface area contributed by atoms with Crippen LogP contribution in [0.5, 0.6) is 0 Å². The number of phosphoric ester groups is 1. The second-order valence-corrected chi connectivity index (χ2v) is 8.11. The average molecular weight is 442 g/mol. The third kappa shape index (κ3) is 23.4. The predicted octanol–water partition coefficient (Wildman–Crippen LogP) is 5.04. The third-order valence-corrected chi connectivity index (χ3v) is 4.49. The number of ether oxygens (including phenoxy) is 1. The second kappa shape index (κ2) is 19.3. The van der Waals surface area contributed by atoms with Crippen LogP contribution in [0.25, 0.3) is 0 Å². The van der Waals surface area contributed by atoms with Gasteiger partial charge in [0.2, 0.25) is 0 Å². The molecule has 0 aromatic carbocycles. The van der Waals surface area contributed by atoms with Gasteiger partial charge >= 0.3 is 13.8 Å². The number of rotatable bonds is 20. The quantitative estimate of drug-likeness (QED) is 0.105. The van der Waals surface area contributed by atoms with E-state index in [4.69, 9.17) is 16.6 Å². The molecule has 3 N–H and O–H groups in total. The van der Waals surface area contributed by atoms with E-state index in [2.05, 4.69) is 28.3 Å². The number of aliphatic hydroxyl groups is 1. The number of hydrogen-bond acceptors (Lipinski definition) is 5. The molecule has 0 saturated heterocycles. The molecule has 0 saturated carbocycles. The van der Waals surface area contributed by atoms with Crippen molar-refractivity contribution in [2.75, 3.05) is 13.1 Å². The lowest BCUT2D eigenvalue weighted by molar-refractivity contribution is -0.147. The van der Waals surface area contributed by atoms with Crippen molar-refractivity contribution in [2.24, 2.45) is 0 Å². The highest BCUT2D eigenvalue weighted by atomic mass is 31.2. The van der Waals surface area contributed by atoms with Gasteiger partial charge in [0.15, 0.2) is 0 Å². The maximum atomic E-state index is 11.9. The van der Waals surface area contributed by atoms with E-state index in [0.717, 1.165) is 32.1 Å². The summed E-state index contributed by atoms with van der Waals surface area (Å²) in [7, 11) is -5.50. The Hall–Kier alpha value is -0.720. The van der Waals surface area contributed by atoms with Gasteiger partial charge in [-0.05, 0) is 32.1 Å². The molecule has 8 heteroatoms. The summed E-state index contributed by atoms with van der Waals surface area (Å²) >= 11 is 0. The fourth-order valence-corrected chi connectivity index (χ4v) is 2.83. The van der Waals surface area contributed by atoms with Crippen molar-refractivity contribution in [3.8, 4) is 0 Å². The fraction of sp³-hybridized carbons (Fsp3) is 0.857. The topological polar surface area (TPSA) is 113 Å². The molecule has 172 valence electrons. The molecule has 0 radical (unpaired) electrons. The van der Waals surface area contributed by atoms with Crippen molar-refractivity contribution in [3.63, 3.8) is 0 Å². The zero-order valence-corrected chi connectivity index (χ0v) is 18.4. The Labute approximate surface area is 183 Å². The molecule has 0 fully saturated rings. The molecule has 0 aliphatic carbocycles. The Kier molecular flexibility index (Phi) is 13.4. The molecule has 0 spiro atoms. The zero-order chi connectivity index (χ0) is 26.3. The highest BCUT2D eigenvalue weighted by Crippen LogP contribution is 2.35. The van der Waals surface area contributed by atoms with E-state index in [9.17, 15) is 14.5 Å². The Morgan fingerprint density at radius 1 is 0.966 bits per heavy atom.